The van der Waals surface area contributed by atoms with Gasteiger partial charge >= 0.3 is 12.0 Å². The van der Waals surface area contributed by atoms with Crippen molar-refractivity contribution in [2.45, 2.75) is 18.9 Å². The largest absolute Gasteiger partial charge is 0.481 e. The van der Waals surface area contributed by atoms with Crippen molar-refractivity contribution in [2.24, 2.45) is 0 Å². The van der Waals surface area contributed by atoms with E-state index >= 15 is 0 Å². The maximum absolute atomic E-state index is 13.3. The first kappa shape index (κ1) is 20.1. The summed E-state index contributed by atoms with van der Waals surface area (Å²) in [7, 11) is 0. The summed E-state index contributed by atoms with van der Waals surface area (Å²) in [5.41, 5.74) is 2.14. The van der Waals surface area contributed by atoms with Gasteiger partial charge in [0.15, 0.2) is 0 Å². The Hall–Kier alpha value is -4.14. The maximum Gasteiger partial charge on any atom is 0.322 e. The lowest BCUT2D eigenvalue weighted by Crippen LogP contribution is -2.10. The van der Waals surface area contributed by atoms with Gasteiger partial charge in [-0.15, -0.1) is 0 Å². The first-order valence-electron chi connectivity index (χ1n) is 9.46. The quantitative estimate of drug-likeness (QED) is 0.465. The van der Waals surface area contributed by atoms with Crippen LogP contribution in [0.4, 0.5) is 4.39 Å². The molecule has 2 aromatic carbocycles. The summed E-state index contributed by atoms with van der Waals surface area (Å²) in [6.07, 6.45) is 4.43. The predicted molar refractivity (Wildman–Crippen MR) is 108 cm³/mol. The standard InChI is InChI=1S/C22H18FN5O3/c23-17-5-3-16(4-6-17)19(11-21(29)30)20-9-10-25-22(27-20)31-18-7-1-15(2-8-18)12-28-14-24-13-26-28/h1-10,13-14,19H,11-12H2,(H,29,30). The van der Waals surface area contributed by atoms with E-state index in [0.717, 1.165) is 5.56 Å². The molecule has 9 heteroatoms. The maximum atomic E-state index is 13.3. The van der Waals surface area contributed by atoms with Crippen LogP contribution in [-0.2, 0) is 11.3 Å². The third kappa shape index (κ3) is 5.27. The first-order chi connectivity index (χ1) is 15.1. The molecular weight excluding hydrogens is 401 g/mol. The lowest BCUT2D eigenvalue weighted by Gasteiger charge is -2.15. The highest BCUT2D eigenvalue weighted by Crippen LogP contribution is 2.28. The number of nitrogens with zero attached hydrogens (tertiary/aromatic N) is 5. The van der Waals surface area contributed by atoms with Crippen LogP contribution >= 0.6 is 0 Å². The first-order valence-corrected chi connectivity index (χ1v) is 9.46. The Morgan fingerprint density at radius 1 is 1.10 bits per heavy atom. The van der Waals surface area contributed by atoms with Gasteiger partial charge in [-0.3, -0.25) is 4.79 Å². The van der Waals surface area contributed by atoms with Gasteiger partial charge < -0.3 is 9.84 Å². The molecule has 0 spiro atoms. The number of carboxylic acids is 1. The smallest absolute Gasteiger partial charge is 0.322 e. The van der Waals surface area contributed by atoms with Crippen LogP contribution in [0.2, 0.25) is 0 Å². The van der Waals surface area contributed by atoms with Gasteiger partial charge in [-0.1, -0.05) is 24.3 Å². The Morgan fingerprint density at radius 3 is 2.55 bits per heavy atom. The molecule has 1 atom stereocenters. The van der Waals surface area contributed by atoms with Crippen LogP contribution in [0.25, 0.3) is 0 Å². The van der Waals surface area contributed by atoms with Crippen LogP contribution < -0.4 is 4.74 Å². The predicted octanol–water partition coefficient (Wildman–Crippen LogP) is 3.65. The molecule has 0 aliphatic rings. The molecule has 0 bridgehead atoms. The Morgan fingerprint density at radius 2 is 1.87 bits per heavy atom. The van der Waals surface area contributed by atoms with Crippen molar-refractivity contribution >= 4 is 5.97 Å². The van der Waals surface area contributed by atoms with Crippen LogP contribution in [0.15, 0.2) is 73.4 Å². The SMILES string of the molecule is O=C(O)CC(c1ccc(F)cc1)c1ccnc(Oc2ccc(Cn3cncn3)cc2)n1. The Bertz CT molecular complexity index is 1150. The lowest BCUT2D eigenvalue weighted by atomic mass is 9.92. The van der Waals surface area contributed by atoms with Crippen molar-refractivity contribution in [1.29, 1.82) is 0 Å². The monoisotopic (exact) mass is 419 g/mol. The molecule has 0 aliphatic heterocycles. The molecule has 0 saturated heterocycles. The summed E-state index contributed by atoms with van der Waals surface area (Å²) in [4.78, 5) is 23.8. The Labute approximate surface area is 177 Å². The zero-order chi connectivity index (χ0) is 21.6. The second-order valence-corrected chi connectivity index (χ2v) is 6.81. The number of carboxylic acid groups (broad SMARTS) is 1. The number of aromatic nitrogens is 5. The third-order valence-corrected chi connectivity index (χ3v) is 4.61. The highest BCUT2D eigenvalue weighted by molar-refractivity contribution is 5.68. The molecule has 0 saturated carbocycles. The highest BCUT2D eigenvalue weighted by atomic mass is 19.1. The van der Waals surface area contributed by atoms with E-state index in [4.69, 9.17) is 4.74 Å². The zero-order valence-corrected chi connectivity index (χ0v) is 16.3. The number of ether oxygens (including phenoxy) is 1. The second-order valence-electron chi connectivity index (χ2n) is 6.81. The van der Waals surface area contributed by atoms with Gasteiger partial charge in [-0.05, 0) is 41.5 Å². The van der Waals surface area contributed by atoms with Gasteiger partial charge in [0.1, 0.15) is 24.2 Å². The number of halogens is 1. The molecule has 1 unspecified atom stereocenters. The number of aliphatic carboxylic acids is 1. The van der Waals surface area contributed by atoms with E-state index in [9.17, 15) is 14.3 Å². The van der Waals surface area contributed by atoms with E-state index in [1.54, 1.807) is 41.3 Å². The van der Waals surface area contributed by atoms with E-state index in [-0.39, 0.29) is 12.4 Å². The lowest BCUT2D eigenvalue weighted by molar-refractivity contribution is -0.137. The van der Waals surface area contributed by atoms with Crippen LogP contribution in [0.1, 0.15) is 29.2 Å². The molecule has 0 aliphatic carbocycles. The number of carbonyl (C=O) groups is 1. The third-order valence-electron chi connectivity index (χ3n) is 4.61. The molecule has 1 N–H and O–H groups in total. The molecule has 0 fully saturated rings. The van der Waals surface area contributed by atoms with Gasteiger partial charge in [0.2, 0.25) is 0 Å². The second kappa shape index (κ2) is 9.12. The van der Waals surface area contributed by atoms with Crippen molar-refractivity contribution in [1.82, 2.24) is 24.7 Å². The van der Waals surface area contributed by atoms with Crippen molar-refractivity contribution in [3.05, 3.63) is 96.1 Å². The molecular formula is C22H18FN5O3. The van der Waals surface area contributed by atoms with Crippen LogP contribution in [-0.4, -0.2) is 35.8 Å². The van der Waals surface area contributed by atoms with E-state index in [1.165, 1.54) is 24.7 Å². The van der Waals surface area contributed by atoms with Crippen LogP contribution in [0, 0.1) is 5.82 Å². The fourth-order valence-corrected chi connectivity index (χ4v) is 3.13. The normalized spacial score (nSPS) is 11.8. The Kier molecular flexibility index (Phi) is 5.93. The number of benzene rings is 2. The molecule has 4 aromatic rings. The molecule has 156 valence electrons. The van der Waals surface area contributed by atoms with Gasteiger partial charge in [-0.25, -0.2) is 19.0 Å². The molecule has 2 aromatic heterocycles. The minimum absolute atomic E-state index is 0.0963. The molecule has 0 radical (unpaired) electrons. The summed E-state index contributed by atoms with van der Waals surface area (Å²) in [6.45, 7) is 0.584. The summed E-state index contributed by atoms with van der Waals surface area (Å²) in [5, 5.41) is 13.4. The van der Waals surface area contributed by atoms with Gasteiger partial charge in [0.05, 0.1) is 18.7 Å². The van der Waals surface area contributed by atoms with Gasteiger partial charge in [-0.2, -0.15) is 10.1 Å². The fraction of sp³-hybridized carbons (Fsp3) is 0.136. The van der Waals surface area contributed by atoms with Gasteiger partial charge in [0, 0.05) is 12.1 Å². The van der Waals surface area contributed by atoms with Crippen LogP contribution in [0.3, 0.4) is 0 Å². The summed E-state index contributed by atoms with van der Waals surface area (Å²) in [6, 6.07) is 14.8. The molecule has 4 rings (SSSR count). The average molecular weight is 419 g/mol. The molecule has 31 heavy (non-hydrogen) atoms. The topological polar surface area (TPSA) is 103 Å². The molecule has 0 amide bonds. The van der Waals surface area contributed by atoms with Crippen molar-refractivity contribution in [3.8, 4) is 11.8 Å². The van der Waals surface area contributed by atoms with Crippen molar-refractivity contribution in [2.75, 3.05) is 0 Å². The van der Waals surface area contributed by atoms with E-state index < -0.39 is 17.7 Å². The minimum Gasteiger partial charge on any atom is -0.481 e. The van der Waals surface area contributed by atoms with E-state index in [1.807, 2.05) is 12.1 Å². The van der Waals surface area contributed by atoms with Crippen molar-refractivity contribution < 1.29 is 19.0 Å². The zero-order valence-electron chi connectivity index (χ0n) is 16.3. The molecule has 8 nitrogen and oxygen atoms in total. The van der Waals surface area contributed by atoms with E-state index in [0.29, 0.717) is 23.6 Å². The highest BCUT2D eigenvalue weighted by Gasteiger charge is 2.20. The van der Waals surface area contributed by atoms with Gasteiger partial charge in [0.25, 0.3) is 0 Å². The average Bonchev–Trinajstić information content (AvgIpc) is 3.27. The van der Waals surface area contributed by atoms with E-state index in [2.05, 4.69) is 20.1 Å². The summed E-state index contributed by atoms with van der Waals surface area (Å²) < 4.78 is 20.7. The number of hydrogen-bond donors (Lipinski definition) is 1. The summed E-state index contributed by atoms with van der Waals surface area (Å²) in [5.74, 6) is -1.40. The molecule has 2 heterocycles. The number of hydrogen-bond acceptors (Lipinski definition) is 6. The summed E-state index contributed by atoms with van der Waals surface area (Å²) >= 11 is 0. The fourth-order valence-electron chi connectivity index (χ4n) is 3.13. The Balaban J connectivity index is 1.52. The van der Waals surface area contributed by atoms with Crippen LogP contribution in [0.5, 0.6) is 11.8 Å². The number of rotatable bonds is 8. The minimum atomic E-state index is -0.988. The van der Waals surface area contributed by atoms with Crippen molar-refractivity contribution in [3.63, 3.8) is 0 Å².